The second-order valence-electron chi connectivity index (χ2n) is 17.1. The number of anilines is 1. The molecule has 1 saturated carbocycles. The highest BCUT2D eigenvalue weighted by Crippen LogP contribution is 2.43. The predicted molar refractivity (Wildman–Crippen MR) is 209 cm³/mol. The first kappa shape index (κ1) is 40.1. The number of aromatic hydroxyl groups is 1. The first-order chi connectivity index (χ1) is 28.7. The zero-order valence-electron chi connectivity index (χ0n) is 33.1. The van der Waals surface area contributed by atoms with Gasteiger partial charge in [-0.1, -0.05) is 6.07 Å². The molecule has 3 fully saturated rings. The molecule has 2 saturated heterocycles. The second-order valence-corrected chi connectivity index (χ2v) is 17.1. The fourth-order valence-corrected chi connectivity index (χ4v) is 10.5. The van der Waals surface area contributed by atoms with Crippen LogP contribution in [0.1, 0.15) is 100 Å². The van der Waals surface area contributed by atoms with E-state index in [0.29, 0.717) is 75.3 Å². The SMILES string of the molecule is C[C@@H]1Cc2cc(O)ccc2[C@@H](c2c(F)cc(N3CCN(C(=O)C4CCC(N5Cc6cc7c(cc6C5)C(=O)N([C@@H]5CCC(=O)NC5=O)C7=O)CC4)CC3)cc2F)N1CC(F)F. The monoisotopic (exact) mass is 830 g/mol. The number of piperidine rings is 1. The van der Waals surface area contributed by atoms with Crippen LogP contribution in [0.3, 0.4) is 0 Å². The third-order valence-corrected chi connectivity index (χ3v) is 13.5. The molecule has 316 valence electrons. The molecule has 16 heteroatoms. The maximum atomic E-state index is 16.1. The smallest absolute Gasteiger partial charge is 0.262 e. The first-order valence-electron chi connectivity index (χ1n) is 20.8. The summed E-state index contributed by atoms with van der Waals surface area (Å²) >= 11 is 0. The van der Waals surface area contributed by atoms with Gasteiger partial charge in [-0.05, 0) is 104 Å². The molecular weight excluding hydrogens is 785 g/mol. The molecule has 5 aliphatic heterocycles. The van der Waals surface area contributed by atoms with Crippen LogP contribution in [0.4, 0.5) is 23.2 Å². The number of rotatable bonds is 7. The molecule has 2 N–H and O–H groups in total. The highest BCUT2D eigenvalue weighted by Gasteiger charge is 2.46. The molecule has 0 bridgehead atoms. The molecule has 9 rings (SSSR count). The van der Waals surface area contributed by atoms with Crippen molar-refractivity contribution in [2.24, 2.45) is 5.92 Å². The molecule has 5 amide bonds. The molecule has 3 aromatic carbocycles. The number of hydrogen-bond acceptors (Lipinski definition) is 9. The molecule has 5 heterocycles. The Labute approximate surface area is 344 Å². The number of nitrogens with one attached hydrogen (secondary N) is 1. The van der Waals surface area contributed by atoms with Gasteiger partial charge in [-0.3, -0.25) is 44.0 Å². The molecule has 0 spiro atoms. The zero-order valence-corrected chi connectivity index (χ0v) is 33.1. The van der Waals surface area contributed by atoms with Crippen LogP contribution in [-0.2, 0) is 33.9 Å². The van der Waals surface area contributed by atoms with Crippen LogP contribution in [0, 0.1) is 17.6 Å². The number of halogens is 4. The van der Waals surface area contributed by atoms with Gasteiger partial charge in [0.1, 0.15) is 23.4 Å². The lowest BCUT2D eigenvalue weighted by molar-refractivity contribution is -0.138. The molecular formula is C44H46F4N6O6. The highest BCUT2D eigenvalue weighted by molar-refractivity contribution is 6.23. The molecule has 0 unspecified atom stereocenters. The van der Waals surface area contributed by atoms with Crippen molar-refractivity contribution < 1.29 is 46.6 Å². The van der Waals surface area contributed by atoms with Gasteiger partial charge in [0.05, 0.1) is 23.7 Å². The number of carbonyl (C=O) groups excluding carboxylic acids is 5. The number of carbonyl (C=O) groups is 5. The molecule has 6 aliphatic rings. The predicted octanol–water partition coefficient (Wildman–Crippen LogP) is 4.90. The average molecular weight is 831 g/mol. The number of fused-ring (bicyclic) bond motifs is 3. The van der Waals surface area contributed by atoms with Crippen molar-refractivity contribution in [3.63, 3.8) is 0 Å². The Morgan fingerprint density at radius 2 is 1.47 bits per heavy atom. The average Bonchev–Trinajstić information content (AvgIpc) is 3.74. The summed E-state index contributed by atoms with van der Waals surface area (Å²) in [6.07, 6.45) is 0.793. The minimum absolute atomic E-state index is 0.00881. The van der Waals surface area contributed by atoms with Crippen LogP contribution in [0.25, 0.3) is 0 Å². The van der Waals surface area contributed by atoms with Gasteiger partial charge in [-0.15, -0.1) is 0 Å². The lowest BCUT2D eigenvalue weighted by atomic mass is 9.84. The fraction of sp³-hybridized carbons (Fsp3) is 0.477. The van der Waals surface area contributed by atoms with Gasteiger partial charge in [-0.2, -0.15) is 0 Å². The van der Waals surface area contributed by atoms with Gasteiger partial charge >= 0.3 is 0 Å². The number of phenols is 1. The topological polar surface area (TPSA) is 134 Å². The van der Waals surface area contributed by atoms with Gasteiger partial charge in [0.15, 0.2) is 0 Å². The summed E-state index contributed by atoms with van der Waals surface area (Å²) in [5.41, 5.74) is 3.58. The van der Waals surface area contributed by atoms with Crippen molar-refractivity contribution in [1.82, 2.24) is 24.9 Å². The van der Waals surface area contributed by atoms with Crippen molar-refractivity contribution >= 4 is 35.2 Å². The number of alkyl halides is 2. The third kappa shape index (κ3) is 7.10. The van der Waals surface area contributed by atoms with E-state index in [1.54, 1.807) is 25.1 Å². The van der Waals surface area contributed by atoms with E-state index in [1.807, 2.05) is 9.80 Å². The molecule has 3 atom stereocenters. The van der Waals surface area contributed by atoms with Crippen molar-refractivity contribution in [2.75, 3.05) is 37.6 Å². The van der Waals surface area contributed by atoms with E-state index in [9.17, 15) is 37.9 Å². The summed E-state index contributed by atoms with van der Waals surface area (Å²) in [5, 5.41) is 12.3. The fourth-order valence-electron chi connectivity index (χ4n) is 10.5. The highest BCUT2D eigenvalue weighted by atomic mass is 19.3. The van der Waals surface area contributed by atoms with Gasteiger partial charge in [-0.25, -0.2) is 17.6 Å². The molecule has 0 radical (unpaired) electrons. The summed E-state index contributed by atoms with van der Waals surface area (Å²) < 4.78 is 59.6. The second kappa shape index (κ2) is 15.6. The number of imide groups is 2. The summed E-state index contributed by atoms with van der Waals surface area (Å²) in [5.74, 6) is -3.90. The summed E-state index contributed by atoms with van der Waals surface area (Å²) in [4.78, 5) is 72.9. The summed E-state index contributed by atoms with van der Waals surface area (Å²) in [6, 6.07) is 8.11. The van der Waals surface area contributed by atoms with Crippen molar-refractivity contribution in [2.45, 2.75) is 95.6 Å². The molecule has 12 nitrogen and oxygen atoms in total. The molecule has 3 aromatic rings. The molecule has 0 aromatic heterocycles. The van der Waals surface area contributed by atoms with Gasteiger partial charge in [0.25, 0.3) is 18.2 Å². The lowest BCUT2D eigenvalue weighted by Crippen LogP contribution is -2.54. The van der Waals surface area contributed by atoms with Crippen LogP contribution in [0.15, 0.2) is 42.5 Å². The Balaban J connectivity index is 0.799. The van der Waals surface area contributed by atoms with Crippen LogP contribution in [-0.4, -0.2) is 112 Å². The summed E-state index contributed by atoms with van der Waals surface area (Å²) in [6.45, 7) is 3.76. The van der Waals surface area contributed by atoms with Gasteiger partial charge in [0.2, 0.25) is 17.7 Å². The van der Waals surface area contributed by atoms with Crippen LogP contribution < -0.4 is 10.2 Å². The van der Waals surface area contributed by atoms with Crippen molar-refractivity contribution in [3.8, 4) is 5.75 Å². The molecule has 1 aliphatic carbocycles. The van der Waals surface area contributed by atoms with E-state index in [0.717, 1.165) is 28.9 Å². The van der Waals surface area contributed by atoms with E-state index >= 15 is 8.78 Å². The van der Waals surface area contributed by atoms with E-state index < -0.39 is 66.4 Å². The maximum Gasteiger partial charge on any atom is 0.262 e. The lowest BCUT2D eigenvalue weighted by Gasteiger charge is -2.42. The van der Waals surface area contributed by atoms with Crippen LogP contribution >= 0.6 is 0 Å². The van der Waals surface area contributed by atoms with Gasteiger partial charge in [0, 0.05) is 74.9 Å². The van der Waals surface area contributed by atoms with Crippen LogP contribution in [0.2, 0.25) is 0 Å². The maximum absolute atomic E-state index is 16.1. The number of hydrogen-bond donors (Lipinski definition) is 2. The minimum atomic E-state index is -2.72. The zero-order chi connectivity index (χ0) is 42.1. The van der Waals surface area contributed by atoms with Crippen LogP contribution in [0.5, 0.6) is 5.75 Å². The number of phenolic OH excluding ortho intramolecular Hbond substituents is 1. The minimum Gasteiger partial charge on any atom is -0.508 e. The number of nitrogens with zero attached hydrogens (tertiary/aromatic N) is 5. The number of amides is 5. The quantitative estimate of drug-likeness (QED) is 0.252. The Hall–Kier alpha value is -5.35. The largest absolute Gasteiger partial charge is 0.508 e. The summed E-state index contributed by atoms with van der Waals surface area (Å²) in [7, 11) is 0. The third-order valence-electron chi connectivity index (χ3n) is 13.5. The number of piperazine rings is 1. The standard InChI is InChI=1S/C44H46F4N6O6/c1-23-14-25-15-30(55)6-7-31(25)40(53(23)22-37(47)48)39-34(45)18-29(19-35(39)46)50-10-12-51(13-11-50)42(58)24-2-4-28(5-3-24)52-20-26-16-32-33(17-27(26)21-52)44(60)54(43(32)59)36-8-9-38(56)49-41(36)57/h6-7,15-19,23-24,28,36-37,40,55H,2-5,8-14,20-22H2,1H3,(H,49,56,57)/t23-,24?,28?,36-,40+/m1/s1. The van der Waals surface area contributed by atoms with Crippen molar-refractivity contribution in [1.29, 1.82) is 0 Å². The Morgan fingerprint density at radius 3 is 2.07 bits per heavy atom. The normalized spacial score (nSPS) is 26.1. The Bertz CT molecular complexity index is 2220. The van der Waals surface area contributed by atoms with Gasteiger partial charge < -0.3 is 14.9 Å². The Morgan fingerprint density at radius 1 is 0.833 bits per heavy atom. The molecule has 60 heavy (non-hydrogen) atoms. The van der Waals surface area contributed by atoms with E-state index in [1.165, 1.54) is 29.2 Å². The van der Waals surface area contributed by atoms with Crippen molar-refractivity contribution in [3.05, 3.63) is 93.0 Å². The van der Waals surface area contributed by atoms with E-state index in [2.05, 4.69) is 10.2 Å². The van der Waals surface area contributed by atoms with E-state index in [-0.39, 0.29) is 53.1 Å². The Kier molecular flexibility index (Phi) is 10.4. The number of benzene rings is 3. The van der Waals surface area contributed by atoms with E-state index in [4.69, 9.17) is 0 Å². The first-order valence-corrected chi connectivity index (χ1v) is 20.8.